The van der Waals surface area contributed by atoms with Gasteiger partial charge in [0.25, 0.3) is 0 Å². The van der Waals surface area contributed by atoms with E-state index in [0.29, 0.717) is 0 Å². The molecule has 0 aromatic carbocycles. The minimum atomic E-state index is 0.0137. The maximum absolute atomic E-state index is 10.2. The SMILES string of the molecule is OC1CCC(C(C2CCCCC2)C2CC3CCCCC3C3CCCCC32)CC1. The number of rotatable bonds is 3. The molecule has 0 bridgehead atoms. The van der Waals surface area contributed by atoms with Crippen molar-refractivity contribution in [2.45, 2.75) is 122 Å². The van der Waals surface area contributed by atoms with Crippen LogP contribution in [0.15, 0.2) is 0 Å². The third-order valence-corrected chi connectivity index (χ3v) is 10.5. The first-order valence-corrected chi connectivity index (χ1v) is 13.5. The molecule has 6 unspecified atom stereocenters. The smallest absolute Gasteiger partial charge is 0.0540 e. The fourth-order valence-corrected chi connectivity index (χ4v) is 9.40. The second-order valence-electron chi connectivity index (χ2n) is 11.8. The Hall–Kier alpha value is -0.0400. The summed E-state index contributed by atoms with van der Waals surface area (Å²) >= 11 is 0. The van der Waals surface area contributed by atoms with Gasteiger partial charge in [0.15, 0.2) is 0 Å². The van der Waals surface area contributed by atoms with E-state index in [1.807, 2.05) is 0 Å². The minimum Gasteiger partial charge on any atom is -0.393 e. The normalized spacial score (nSPS) is 46.4. The van der Waals surface area contributed by atoms with Gasteiger partial charge in [0, 0.05) is 0 Å². The number of fused-ring (bicyclic) bond motifs is 3. The zero-order valence-corrected chi connectivity index (χ0v) is 18.4. The highest BCUT2D eigenvalue weighted by molar-refractivity contribution is 5.00. The molecule has 1 nitrogen and oxygen atoms in total. The predicted octanol–water partition coefficient (Wildman–Crippen LogP) is 7.37. The van der Waals surface area contributed by atoms with Crippen molar-refractivity contribution in [3.05, 3.63) is 0 Å². The van der Waals surface area contributed by atoms with Crippen LogP contribution in [0.5, 0.6) is 0 Å². The summed E-state index contributed by atoms with van der Waals surface area (Å²) in [5.74, 6) is 8.40. The van der Waals surface area contributed by atoms with Crippen LogP contribution >= 0.6 is 0 Å². The Morgan fingerprint density at radius 3 is 1.82 bits per heavy atom. The molecule has 0 aliphatic heterocycles. The van der Waals surface area contributed by atoms with Crippen molar-refractivity contribution in [3.8, 4) is 0 Å². The van der Waals surface area contributed by atoms with Crippen LogP contribution in [0.2, 0.25) is 0 Å². The van der Waals surface area contributed by atoms with Crippen LogP contribution < -0.4 is 0 Å². The van der Waals surface area contributed by atoms with Gasteiger partial charge in [-0.15, -0.1) is 0 Å². The van der Waals surface area contributed by atoms with Crippen molar-refractivity contribution in [2.75, 3.05) is 0 Å². The zero-order valence-electron chi connectivity index (χ0n) is 18.4. The Balaban J connectivity index is 1.42. The molecule has 0 aromatic heterocycles. The van der Waals surface area contributed by atoms with E-state index >= 15 is 0 Å². The summed E-state index contributed by atoms with van der Waals surface area (Å²) in [6.07, 6.45) is 26.4. The van der Waals surface area contributed by atoms with Crippen LogP contribution in [-0.4, -0.2) is 11.2 Å². The average molecular weight is 387 g/mol. The van der Waals surface area contributed by atoms with Crippen LogP contribution in [-0.2, 0) is 0 Å². The van der Waals surface area contributed by atoms with Gasteiger partial charge in [-0.25, -0.2) is 0 Å². The van der Waals surface area contributed by atoms with Gasteiger partial charge in [0.2, 0.25) is 0 Å². The lowest BCUT2D eigenvalue weighted by molar-refractivity contribution is -0.0719. The molecular formula is C27H46O. The van der Waals surface area contributed by atoms with Gasteiger partial charge in [0.05, 0.1) is 6.10 Å². The molecule has 5 aliphatic carbocycles. The van der Waals surface area contributed by atoms with E-state index in [1.165, 1.54) is 70.6 Å². The second-order valence-corrected chi connectivity index (χ2v) is 11.8. The average Bonchev–Trinajstić information content (AvgIpc) is 2.76. The fraction of sp³-hybridized carbons (Fsp3) is 1.00. The Kier molecular flexibility index (Phi) is 6.39. The van der Waals surface area contributed by atoms with Crippen LogP contribution in [0.3, 0.4) is 0 Å². The first-order chi connectivity index (χ1) is 13.8. The fourth-order valence-electron chi connectivity index (χ4n) is 9.40. The summed E-state index contributed by atoms with van der Waals surface area (Å²) in [7, 11) is 0. The van der Waals surface area contributed by atoms with Crippen molar-refractivity contribution < 1.29 is 5.11 Å². The Morgan fingerprint density at radius 1 is 0.500 bits per heavy atom. The van der Waals surface area contributed by atoms with E-state index in [0.717, 1.165) is 60.2 Å². The van der Waals surface area contributed by atoms with Crippen molar-refractivity contribution >= 4 is 0 Å². The molecule has 0 radical (unpaired) electrons. The Labute approximate surface area is 174 Å². The highest BCUT2D eigenvalue weighted by atomic mass is 16.3. The Morgan fingerprint density at radius 2 is 1.07 bits per heavy atom. The third kappa shape index (κ3) is 3.95. The van der Waals surface area contributed by atoms with Crippen LogP contribution in [0.25, 0.3) is 0 Å². The summed E-state index contributed by atoms with van der Waals surface area (Å²) in [6.45, 7) is 0. The van der Waals surface area contributed by atoms with Gasteiger partial charge in [-0.2, -0.15) is 0 Å². The molecule has 5 saturated carbocycles. The van der Waals surface area contributed by atoms with Gasteiger partial charge < -0.3 is 5.11 Å². The second kappa shape index (κ2) is 8.99. The predicted molar refractivity (Wildman–Crippen MR) is 117 cm³/mol. The summed E-state index contributed by atoms with van der Waals surface area (Å²) in [5.41, 5.74) is 0. The van der Waals surface area contributed by atoms with Crippen molar-refractivity contribution in [1.29, 1.82) is 0 Å². The lowest BCUT2D eigenvalue weighted by atomic mass is 9.49. The van der Waals surface area contributed by atoms with Crippen LogP contribution in [0.1, 0.15) is 116 Å². The largest absolute Gasteiger partial charge is 0.393 e. The molecule has 28 heavy (non-hydrogen) atoms. The lowest BCUT2D eigenvalue weighted by Gasteiger charge is -2.56. The summed E-state index contributed by atoms with van der Waals surface area (Å²) in [4.78, 5) is 0. The molecular weight excluding hydrogens is 340 g/mol. The van der Waals surface area contributed by atoms with E-state index in [-0.39, 0.29) is 6.10 Å². The molecule has 1 N–H and O–H groups in total. The van der Waals surface area contributed by atoms with E-state index in [1.54, 1.807) is 32.1 Å². The highest BCUT2D eigenvalue weighted by Gasteiger charge is 2.50. The highest BCUT2D eigenvalue weighted by Crippen LogP contribution is 2.59. The quantitative estimate of drug-likeness (QED) is 0.537. The molecule has 160 valence electrons. The molecule has 0 saturated heterocycles. The number of aliphatic hydroxyl groups excluding tert-OH is 1. The Bertz CT molecular complexity index is 486. The van der Waals surface area contributed by atoms with Gasteiger partial charge in [-0.3, -0.25) is 0 Å². The molecule has 0 heterocycles. The van der Waals surface area contributed by atoms with Gasteiger partial charge in [-0.1, -0.05) is 64.2 Å². The van der Waals surface area contributed by atoms with Gasteiger partial charge in [-0.05, 0) is 98.7 Å². The minimum absolute atomic E-state index is 0.0137. The molecule has 0 amide bonds. The van der Waals surface area contributed by atoms with E-state index < -0.39 is 0 Å². The van der Waals surface area contributed by atoms with Crippen molar-refractivity contribution in [3.63, 3.8) is 0 Å². The van der Waals surface area contributed by atoms with Gasteiger partial charge in [0.1, 0.15) is 0 Å². The van der Waals surface area contributed by atoms with Crippen LogP contribution in [0, 0.1) is 47.3 Å². The first kappa shape index (κ1) is 19.9. The number of aliphatic hydroxyl groups is 1. The maximum Gasteiger partial charge on any atom is 0.0540 e. The molecule has 5 aliphatic rings. The zero-order chi connectivity index (χ0) is 18.9. The topological polar surface area (TPSA) is 20.2 Å². The van der Waals surface area contributed by atoms with Crippen molar-refractivity contribution in [1.82, 2.24) is 0 Å². The number of hydrogen-bond donors (Lipinski definition) is 1. The molecule has 6 atom stereocenters. The summed E-state index contributed by atoms with van der Waals surface area (Å²) in [5, 5.41) is 10.2. The molecule has 0 spiro atoms. The van der Waals surface area contributed by atoms with Crippen molar-refractivity contribution in [2.24, 2.45) is 47.3 Å². The third-order valence-electron chi connectivity index (χ3n) is 10.5. The molecule has 5 rings (SSSR count). The van der Waals surface area contributed by atoms with E-state index in [9.17, 15) is 5.11 Å². The molecule has 5 fully saturated rings. The monoisotopic (exact) mass is 386 g/mol. The van der Waals surface area contributed by atoms with E-state index in [2.05, 4.69) is 0 Å². The molecule has 1 heteroatoms. The lowest BCUT2D eigenvalue weighted by Crippen LogP contribution is -2.48. The molecule has 0 aromatic rings. The number of hydrogen-bond acceptors (Lipinski definition) is 1. The van der Waals surface area contributed by atoms with Crippen LogP contribution in [0.4, 0.5) is 0 Å². The standard InChI is InChI=1S/C27H46O/c28-22-16-14-20(15-17-22)27(19-8-2-1-3-9-19)26-18-21-10-4-5-11-23(21)24-12-6-7-13-25(24)26/h19-28H,1-18H2. The first-order valence-electron chi connectivity index (χ1n) is 13.5. The van der Waals surface area contributed by atoms with E-state index in [4.69, 9.17) is 0 Å². The van der Waals surface area contributed by atoms with Gasteiger partial charge >= 0.3 is 0 Å². The summed E-state index contributed by atoms with van der Waals surface area (Å²) < 4.78 is 0. The maximum atomic E-state index is 10.2. The summed E-state index contributed by atoms with van der Waals surface area (Å²) in [6, 6.07) is 0.